The Balaban J connectivity index is 0.00000243. The Morgan fingerprint density at radius 3 is 3.08 bits per heavy atom. The summed E-state index contributed by atoms with van der Waals surface area (Å²) in [5.41, 5.74) is 0. The number of aromatic nitrogens is 4. The second-order valence-corrected chi connectivity index (χ2v) is 5.90. The van der Waals surface area contributed by atoms with Gasteiger partial charge in [-0.15, -0.1) is 24.0 Å². The van der Waals surface area contributed by atoms with Crippen LogP contribution >= 0.6 is 24.0 Å². The normalized spacial score (nSPS) is 16.4. The summed E-state index contributed by atoms with van der Waals surface area (Å²) in [7, 11) is 1.77. The number of guanidine groups is 1. The van der Waals surface area contributed by atoms with Gasteiger partial charge in [-0.2, -0.15) is 5.10 Å². The van der Waals surface area contributed by atoms with E-state index in [1.165, 1.54) is 0 Å². The molecular weight excluding hydrogens is 445 g/mol. The van der Waals surface area contributed by atoms with Crippen LogP contribution in [0.2, 0.25) is 0 Å². The van der Waals surface area contributed by atoms with E-state index in [1.807, 2.05) is 16.8 Å². The summed E-state index contributed by atoms with van der Waals surface area (Å²) >= 11 is 0. The zero-order valence-corrected chi connectivity index (χ0v) is 17.5. The van der Waals surface area contributed by atoms with E-state index in [0.29, 0.717) is 19.2 Å². The lowest BCUT2D eigenvalue weighted by Crippen LogP contribution is -2.47. The second-order valence-electron chi connectivity index (χ2n) is 5.90. The van der Waals surface area contributed by atoms with E-state index in [2.05, 4.69) is 37.6 Å². The van der Waals surface area contributed by atoms with Crippen LogP contribution in [0.4, 0.5) is 0 Å². The average molecular weight is 471 g/mol. The molecule has 1 aliphatic rings. The van der Waals surface area contributed by atoms with Crippen LogP contribution in [0.1, 0.15) is 25.0 Å². The molecule has 0 bridgehead atoms. The average Bonchev–Trinajstić information content (AvgIpc) is 3.07. The number of pyridine rings is 1. The van der Waals surface area contributed by atoms with Crippen LogP contribution in [0.5, 0.6) is 5.75 Å². The monoisotopic (exact) mass is 471 g/mol. The smallest absolute Gasteiger partial charge is 0.191 e. The van der Waals surface area contributed by atoms with E-state index < -0.39 is 0 Å². The van der Waals surface area contributed by atoms with Gasteiger partial charge in [-0.1, -0.05) is 6.92 Å². The number of nitrogens with one attached hydrogen (secondary N) is 2. The van der Waals surface area contributed by atoms with Gasteiger partial charge in [0.25, 0.3) is 0 Å². The molecule has 2 aromatic heterocycles. The van der Waals surface area contributed by atoms with E-state index in [9.17, 15) is 0 Å². The van der Waals surface area contributed by atoms with Crippen molar-refractivity contribution in [3.05, 3.63) is 36.2 Å². The fourth-order valence-corrected chi connectivity index (χ4v) is 2.79. The number of aliphatic imine (C=N–C) groups is 1. The van der Waals surface area contributed by atoms with Gasteiger partial charge in [0, 0.05) is 32.1 Å². The van der Waals surface area contributed by atoms with Gasteiger partial charge < -0.3 is 15.4 Å². The molecule has 9 heteroatoms. The summed E-state index contributed by atoms with van der Waals surface area (Å²) in [4.78, 5) is 12.9. The van der Waals surface area contributed by atoms with Gasteiger partial charge in [-0.05, 0) is 18.6 Å². The molecule has 1 aliphatic heterocycles. The number of nitrogens with zero attached hydrogens (tertiary/aromatic N) is 5. The molecule has 0 amide bonds. The minimum Gasteiger partial charge on any atom is -0.490 e. The zero-order chi connectivity index (χ0) is 17.5. The van der Waals surface area contributed by atoms with E-state index >= 15 is 0 Å². The maximum absolute atomic E-state index is 5.62. The van der Waals surface area contributed by atoms with Gasteiger partial charge in [-0.3, -0.25) is 9.98 Å². The van der Waals surface area contributed by atoms with Crippen molar-refractivity contribution < 1.29 is 4.74 Å². The zero-order valence-electron chi connectivity index (χ0n) is 15.2. The number of hydrogen-bond donors (Lipinski definition) is 2. The highest BCUT2D eigenvalue weighted by Crippen LogP contribution is 2.13. The Labute approximate surface area is 170 Å². The van der Waals surface area contributed by atoms with Crippen LogP contribution < -0.4 is 15.4 Å². The maximum atomic E-state index is 5.62. The third-order valence-electron chi connectivity index (χ3n) is 4.08. The molecule has 0 spiro atoms. The summed E-state index contributed by atoms with van der Waals surface area (Å²) in [5.74, 6) is 3.55. The number of ether oxygens (including phenoxy) is 1. The van der Waals surface area contributed by atoms with Crippen molar-refractivity contribution in [1.29, 1.82) is 0 Å². The molecule has 3 heterocycles. The predicted molar refractivity (Wildman–Crippen MR) is 111 cm³/mol. The van der Waals surface area contributed by atoms with Gasteiger partial charge in [-0.25, -0.2) is 9.67 Å². The van der Waals surface area contributed by atoms with Crippen molar-refractivity contribution in [2.45, 2.75) is 38.8 Å². The van der Waals surface area contributed by atoms with E-state index in [4.69, 9.17) is 4.74 Å². The van der Waals surface area contributed by atoms with Crippen molar-refractivity contribution in [2.24, 2.45) is 4.99 Å². The van der Waals surface area contributed by atoms with Gasteiger partial charge in [0.2, 0.25) is 0 Å². The lowest BCUT2D eigenvalue weighted by Gasteiger charge is -2.25. The lowest BCUT2D eigenvalue weighted by molar-refractivity contribution is 0.319. The lowest BCUT2D eigenvalue weighted by atomic mass is 10.1. The first-order chi connectivity index (χ1) is 12.3. The fraction of sp³-hybridized carbons (Fsp3) is 0.529. The highest BCUT2D eigenvalue weighted by molar-refractivity contribution is 14.0. The Morgan fingerprint density at radius 2 is 2.35 bits per heavy atom. The molecule has 0 radical (unpaired) electrons. The standard InChI is InChI=1S/C17H25N7O.HI/c1-3-15-22-16-7-6-13(12-24(16)23-15)21-17(18-2)20-9-10-25-14-5-4-8-19-11-14;/h4-5,8,11,13H,3,6-7,9-10,12H2,1-2H3,(H2,18,20,21);1H. The molecule has 8 nitrogen and oxygen atoms in total. The molecule has 3 rings (SSSR count). The Morgan fingerprint density at radius 1 is 1.46 bits per heavy atom. The van der Waals surface area contributed by atoms with Crippen LogP contribution in [0.3, 0.4) is 0 Å². The first-order valence-electron chi connectivity index (χ1n) is 8.71. The van der Waals surface area contributed by atoms with Gasteiger partial charge >= 0.3 is 0 Å². The highest BCUT2D eigenvalue weighted by atomic mass is 127. The minimum atomic E-state index is 0. The summed E-state index contributed by atoms with van der Waals surface area (Å²) in [5, 5.41) is 11.3. The van der Waals surface area contributed by atoms with Crippen LogP contribution in [-0.2, 0) is 19.4 Å². The summed E-state index contributed by atoms with van der Waals surface area (Å²) in [6, 6.07) is 4.04. The van der Waals surface area contributed by atoms with Crippen LogP contribution in [0.25, 0.3) is 0 Å². The van der Waals surface area contributed by atoms with E-state index in [0.717, 1.165) is 49.2 Å². The molecule has 0 fully saturated rings. The van der Waals surface area contributed by atoms with Crippen LogP contribution in [-0.4, -0.2) is 51.9 Å². The largest absolute Gasteiger partial charge is 0.490 e. The molecule has 0 saturated carbocycles. The minimum absolute atomic E-state index is 0. The molecule has 1 atom stereocenters. The first-order valence-corrected chi connectivity index (χ1v) is 8.71. The Hall–Kier alpha value is -1.91. The first kappa shape index (κ1) is 20.4. The quantitative estimate of drug-likeness (QED) is 0.287. The molecule has 2 N–H and O–H groups in total. The molecular formula is C17H26IN7O. The van der Waals surface area contributed by atoms with E-state index in [1.54, 1.807) is 19.4 Å². The third-order valence-corrected chi connectivity index (χ3v) is 4.08. The molecule has 0 aromatic carbocycles. The molecule has 2 aromatic rings. The van der Waals surface area contributed by atoms with Gasteiger partial charge in [0.15, 0.2) is 11.8 Å². The molecule has 142 valence electrons. The SMILES string of the molecule is CCc1nc2n(n1)CC(NC(=NC)NCCOc1cccnc1)CC2.I. The summed E-state index contributed by atoms with van der Waals surface area (Å²) in [6.45, 7) is 4.10. The molecule has 0 aliphatic carbocycles. The topological polar surface area (TPSA) is 89.2 Å². The molecule has 1 unspecified atom stereocenters. The molecule has 0 saturated heterocycles. The number of fused-ring (bicyclic) bond motifs is 1. The van der Waals surface area contributed by atoms with Crippen molar-refractivity contribution in [1.82, 2.24) is 30.4 Å². The fourth-order valence-electron chi connectivity index (χ4n) is 2.79. The molecule has 26 heavy (non-hydrogen) atoms. The number of aryl methyl sites for hydroxylation is 2. The van der Waals surface area contributed by atoms with Crippen LogP contribution in [0.15, 0.2) is 29.5 Å². The number of halogens is 1. The third kappa shape index (κ3) is 5.55. The van der Waals surface area contributed by atoms with Gasteiger partial charge in [0.05, 0.1) is 19.3 Å². The van der Waals surface area contributed by atoms with Crippen LogP contribution in [0, 0.1) is 0 Å². The van der Waals surface area contributed by atoms with E-state index in [-0.39, 0.29) is 24.0 Å². The second kappa shape index (κ2) is 10.3. The maximum Gasteiger partial charge on any atom is 0.191 e. The number of hydrogen-bond acceptors (Lipinski definition) is 5. The van der Waals surface area contributed by atoms with Crippen molar-refractivity contribution in [3.63, 3.8) is 0 Å². The Kier molecular flexibility index (Phi) is 8.07. The Bertz CT molecular complexity index is 704. The van der Waals surface area contributed by atoms with Crippen molar-refractivity contribution >= 4 is 29.9 Å². The highest BCUT2D eigenvalue weighted by Gasteiger charge is 2.21. The van der Waals surface area contributed by atoms with Gasteiger partial charge in [0.1, 0.15) is 18.2 Å². The predicted octanol–water partition coefficient (Wildman–Crippen LogP) is 1.41. The van der Waals surface area contributed by atoms with Crippen molar-refractivity contribution in [3.8, 4) is 5.75 Å². The van der Waals surface area contributed by atoms with Crippen molar-refractivity contribution in [2.75, 3.05) is 20.2 Å². The summed E-state index contributed by atoms with van der Waals surface area (Å²) in [6.07, 6.45) is 6.26. The summed E-state index contributed by atoms with van der Waals surface area (Å²) < 4.78 is 7.64. The number of rotatable bonds is 6.